The van der Waals surface area contributed by atoms with Crippen molar-refractivity contribution in [3.05, 3.63) is 35.6 Å². The van der Waals surface area contributed by atoms with Gasteiger partial charge in [0, 0.05) is 10.9 Å². The van der Waals surface area contributed by atoms with Gasteiger partial charge in [0.1, 0.15) is 5.58 Å². The first kappa shape index (κ1) is 9.79. The number of furan rings is 1. The molecule has 0 spiro atoms. The van der Waals surface area contributed by atoms with Crippen molar-refractivity contribution in [2.45, 2.75) is 26.2 Å². The van der Waals surface area contributed by atoms with E-state index in [1.807, 2.05) is 39.0 Å². The fraction of sp³-hybridized carbons (Fsp3) is 0.308. The zero-order valence-electron chi connectivity index (χ0n) is 9.16. The highest BCUT2D eigenvalue weighted by Crippen LogP contribution is 2.31. The second-order valence-corrected chi connectivity index (χ2v) is 4.39. The van der Waals surface area contributed by atoms with Crippen molar-refractivity contribution in [2.75, 3.05) is 0 Å². The van der Waals surface area contributed by atoms with Crippen LogP contribution in [-0.4, -0.2) is 0 Å². The molecule has 0 saturated carbocycles. The van der Waals surface area contributed by atoms with Gasteiger partial charge in [-0.25, -0.2) is 0 Å². The third-order valence-corrected chi connectivity index (χ3v) is 2.68. The summed E-state index contributed by atoms with van der Waals surface area (Å²) in [6.07, 6.45) is 1.69. The lowest BCUT2D eigenvalue weighted by Crippen LogP contribution is -2.12. The first-order valence-electron chi connectivity index (χ1n) is 4.94. The molecule has 0 unspecified atom stereocenters. The molecule has 15 heavy (non-hydrogen) atoms. The Bertz CT molecular complexity index is 543. The van der Waals surface area contributed by atoms with Gasteiger partial charge in [-0.05, 0) is 32.4 Å². The van der Waals surface area contributed by atoms with E-state index in [0.29, 0.717) is 0 Å². The Morgan fingerprint density at radius 3 is 2.73 bits per heavy atom. The smallest absolute Gasteiger partial charge is 0.134 e. The van der Waals surface area contributed by atoms with Gasteiger partial charge in [-0.15, -0.1) is 0 Å². The maximum absolute atomic E-state index is 9.09. The summed E-state index contributed by atoms with van der Waals surface area (Å²) >= 11 is 0. The number of rotatable bonds is 1. The van der Waals surface area contributed by atoms with Crippen molar-refractivity contribution in [1.29, 1.82) is 5.26 Å². The Hall–Kier alpha value is -1.75. The predicted molar refractivity (Wildman–Crippen MR) is 59.6 cm³/mol. The highest BCUT2D eigenvalue weighted by Gasteiger charge is 2.24. The average Bonchev–Trinajstić information content (AvgIpc) is 2.61. The molecule has 1 aromatic heterocycles. The highest BCUT2D eigenvalue weighted by atomic mass is 16.3. The molecule has 0 aliphatic heterocycles. The molecular weight excluding hydrogens is 186 g/mol. The summed E-state index contributed by atoms with van der Waals surface area (Å²) in [5.74, 6) is 0. The van der Waals surface area contributed by atoms with Gasteiger partial charge in [0.05, 0.1) is 17.7 Å². The minimum absolute atomic E-state index is 0.499. The van der Waals surface area contributed by atoms with Crippen LogP contribution >= 0.6 is 0 Å². The van der Waals surface area contributed by atoms with Crippen molar-refractivity contribution < 1.29 is 4.42 Å². The second kappa shape index (κ2) is 3.13. The molecule has 1 heterocycles. The molecule has 0 radical (unpaired) electrons. The van der Waals surface area contributed by atoms with E-state index in [1.54, 1.807) is 6.26 Å². The van der Waals surface area contributed by atoms with E-state index in [9.17, 15) is 0 Å². The Morgan fingerprint density at radius 1 is 1.33 bits per heavy atom. The number of aryl methyl sites for hydroxylation is 1. The van der Waals surface area contributed by atoms with E-state index < -0.39 is 5.41 Å². The number of fused-ring (bicyclic) bond motifs is 1. The minimum Gasteiger partial charge on any atom is -0.464 e. The van der Waals surface area contributed by atoms with Crippen LogP contribution in [0.25, 0.3) is 11.0 Å². The fourth-order valence-electron chi connectivity index (χ4n) is 1.68. The van der Waals surface area contributed by atoms with Crippen LogP contribution in [0.1, 0.15) is 25.0 Å². The average molecular weight is 199 g/mol. The Kier molecular flexibility index (Phi) is 2.04. The minimum atomic E-state index is -0.499. The summed E-state index contributed by atoms with van der Waals surface area (Å²) in [6, 6.07) is 8.34. The zero-order chi connectivity index (χ0) is 11.1. The van der Waals surface area contributed by atoms with Crippen molar-refractivity contribution in [3.8, 4) is 6.07 Å². The highest BCUT2D eigenvalue weighted by molar-refractivity contribution is 5.83. The normalized spacial score (nSPS) is 11.6. The van der Waals surface area contributed by atoms with Gasteiger partial charge in [-0.1, -0.05) is 12.1 Å². The standard InChI is InChI=1S/C13H13NO/c1-9-4-5-10-11(13(2,3)8-14)7-15-12(10)6-9/h4-7H,1-3H3. The number of hydrogen-bond donors (Lipinski definition) is 0. The van der Waals surface area contributed by atoms with Crippen LogP contribution in [0.5, 0.6) is 0 Å². The molecule has 0 amide bonds. The van der Waals surface area contributed by atoms with Crippen LogP contribution in [0, 0.1) is 18.3 Å². The van der Waals surface area contributed by atoms with Crippen LogP contribution in [-0.2, 0) is 5.41 Å². The van der Waals surface area contributed by atoms with Gasteiger partial charge in [0.25, 0.3) is 0 Å². The molecule has 0 aliphatic carbocycles. The van der Waals surface area contributed by atoms with Crippen molar-refractivity contribution in [3.63, 3.8) is 0 Å². The van der Waals surface area contributed by atoms with Gasteiger partial charge in [0.2, 0.25) is 0 Å². The van der Waals surface area contributed by atoms with Crippen molar-refractivity contribution >= 4 is 11.0 Å². The van der Waals surface area contributed by atoms with Crippen LogP contribution < -0.4 is 0 Å². The van der Waals surface area contributed by atoms with Crippen LogP contribution in [0.2, 0.25) is 0 Å². The van der Waals surface area contributed by atoms with E-state index in [-0.39, 0.29) is 0 Å². The van der Waals surface area contributed by atoms with Gasteiger partial charge >= 0.3 is 0 Å². The molecule has 2 heteroatoms. The maximum atomic E-state index is 9.09. The first-order valence-corrected chi connectivity index (χ1v) is 4.94. The molecule has 0 bridgehead atoms. The molecule has 1 aromatic carbocycles. The summed E-state index contributed by atoms with van der Waals surface area (Å²) in [5, 5.41) is 10.1. The predicted octanol–water partition coefficient (Wildman–Crippen LogP) is 3.54. The molecule has 0 saturated heterocycles. The fourth-order valence-corrected chi connectivity index (χ4v) is 1.68. The Morgan fingerprint density at radius 2 is 2.07 bits per heavy atom. The Balaban J connectivity index is 2.71. The summed E-state index contributed by atoms with van der Waals surface area (Å²) in [7, 11) is 0. The Labute approximate surface area is 89.1 Å². The van der Waals surface area contributed by atoms with E-state index in [1.165, 1.54) is 0 Å². The summed E-state index contributed by atoms with van der Waals surface area (Å²) < 4.78 is 5.47. The van der Waals surface area contributed by atoms with Crippen LogP contribution in [0.3, 0.4) is 0 Å². The topological polar surface area (TPSA) is 36.9 Å². The molecule has 2 rings (SSSR count). The first-order chi connectivity index (χ1) is 7.04. The quantitative estimate of drug-likeness (QED) is 0.704. The SMILES string of the molecule is Cc1ccc2c(C(C)(C)C#N)coc2c1. The number of nitrogens with zero attached hydrogens (tertiary/aromatic N) is 1. The molecule has 0 aliphatic rings. The lowest BCUT2D eigenvalue weighted by Gasteiger charge is -2.12. The molecule has 2 aromatic rings. The summed E-state index contributed by atoms with van der Waals surface area (Å²) in [4.78, 5) is 0. The van der Waals surface area contributed by atoms with Crippen molar-refractivity contribution in [1.82, 2.24) is 0 Å². The molecule has 0 N–H and O–H groups in total. The van der Waals surface area contributed by atoms with Gasteiger partial charge < -0.3 is 4.42 Å². The number of nitriles is 1. The summed E-state index contributed by atoms with van der Waals surface area (Å²) in [6.45, 7) is 5.82. The van der Waals surface area contributed by atoms with E-state index in [2.05, 4.69) is 6.07 Å². The monoisotopic (exact) mass is 199 g/mol. The maximum Gasteiger partial charge on any atom is 0.134 e. The van der Waals surface area contributed by atoms with Crippen LogP contribution in [0.15, 0.2) is 28.9 Å². The molecular formula is C13H13NO. The van der Waals surface area contributed by atoms with Gasteiger partial charge in [-0.2, -0.15) is 5.26 Å². The van der Waals surface area contributed by atoms with E-state index in [0.717, 1.165) is 22.1 Å². The molecule has 0 fully saturated rings. The second-order valence-electron chi connectivity index (χ2n) is 4.39. The zero-order valence-corrected chi connectivity index (χ0v) is 9.16. The molecule has 2 nitrogen and oxygen atoms in total. The number of benzene rings is 1. The van der Waals surface area contributed by atoms with E-state index in [4.69, 9.17) is 9.68 Å². The number of hydrogen-bond acceptors (Lipinski definition) is 2. The lowest BCUT2D eigenvalue weighted by atomic mass is 9.86. The van der Waals surface area contributed by atoms with Gasteiger partial charge in [-0.3, -0.25) is 0 Å². The van der Waals surface area contributed by atoms with Gasteiger partial charge in [0.15, 0.2) is 0 Å². The van der Waals surface area contributed by atoms with E-state index >= 15 is 0 Å². The third kappa shape index (κ3) is 1.50. The van der Waals surface area contributed by atoms with Crippen LogP contribution in [0.4, 0.5) is 0 Å². The van der Waals surface area contributed by atoms with Crippen molar-refractivity contribution in [2.24, 2.45) is 0 Å². The lowest BCUT2D eigenvalue weighted by molar-refractivity contribution is 0.591. The summed E-state index contributed by atoms with van der Waals surface area (Å²) in [5.41, 5.74) is 2.48. The largest absolute Gasteiger partial charge is 0.464 e. The third-order valence-electron chi connectivity index (χ3n) is 2.68. The molecule has 0 atom stereocenters. The molecule has 76 valence electrons.